The lowest BCUT2D eigenvalue weighted by Crippen LogP contribution is -2.41. The van der Waals surface area contributed by atoms with Gasteiger partial charge in [-0.3, -0.25) is 4.79 Å². The Morgan fingerprint density at radius 2 is 1.83 bits per heavy atom. The first-order chi connectivity index (χ1) is 8.41. The molecule has 2 nitrogen and oxygen atoms in total. The van der Waals surface area contributed by atoms with Crippen molar-refractivity contribution in [1.82, 2.24) is 4.90 Å². The molecular formula is C14H17F2NO. The summed E-state index contributed by atoms with van der Waals surface area (Å²) in [5.41, 5.74) is 0.0479. The van der Waals surface area contributed by atoms with Crippen LogP contribution >= 0.6 is 0 Å². The topological polar surface area (TPSA) is 20.3 Å². The maximum absolute atomic E-state index is 13.5. The van der Waals surface area contributed by atoms with E-state index in [4.69, 9.17) is 0 Å². The van der Waals surface area contributed by atoms with E-state index in [1.807, 2.05) is 0 Å². The van der Waals surface area contributed by atoms with Gasteiger partial charge >= 0.3 is 0 Å². The predicted octanol–water partition coefficient (Wildman–Crippen LogP) is 3.23. The smallest absolute Gasteiger partial charge is 0.256 e. The van der Waals surface area contributed by atoms with Gasteiger partial charge in [0.05, 0.1) is 5.56 Å². The van der Waals surface area contributed by atoms with Crippen LogP contribution in [0.15, 0.2) is 18.2 Å². The Hall–Kier alpha value is -1.45. The molecule has 0 saturated carbocycles. The highest BCUT2D eigenvalue weighted by atomic mass is 19.2. The summed E-state index contributed by atoms with van der Waals surface area (Å²) >= 11 is 0. The molecule has 2 rings (SSSR count). The van der Waals surface area contributed by atoms with E-state index >= 15 is 0 Å². The van der Waals surface area contributed by atoms with Crippen molar-refractivity contribution in [3.63, 3.8) is 0 Å². The first-order valence-corrected chi connectivity index (χ1v) is 6.14. The molecule has 4 heteroatoms. The van der Waals surface area contributed by atoms with Gasteiger partial charge in [0, 0.05) is 13.1 Å². The number of nitrogens with zero attached hydrogens (tertiary/aromatic N) is 1. The largest absolute Gasteiger partial charge is 0.339 e. The van der Waals surface area contributed by atoms with Crippen LogP contribution in [0.3, 0.4) is 0 Å². The lowest BCUT2D eigenvalue weighted by molar-refractivity contribution is 0.0624. The van der Waals surface area contributed by atoms with Crippen LogP contribution < -0.4 is 0 Å². The number of halogens is 2. The van der Waals surface area contributed by atoms with E-state index in [-0.39, 0.29) is 11.0 Å². The summed E-state index contributed by atoms with van der Waals surface area (Å²) < 4.78 is 26.6. The van der Waals surface area contributed by atoms with E-state index in [9.17, 15) is 13.6 Å². The van der Waals surface area contributed by atoms with Crippen LogP contribution in [-0.4, -0.2) is 23.9 Å². The molecule has 1 aliphatic heterocycles. The van der Waals surface area contributed by atoms with Crippen molar-refractivity contribution < 1.29 is 13.6 Å². The zero-order valence-corrected chi connectivity index (χ0v) is 10.7. The molecule has 0 aromatic heterocycles. The van der Waals surface area contributed by atoms with Gasteiger partial charge in [0.25, 0.3) is 5.91 Å². The van der Waals surface area contributed by atoms with Crippen LogP contribution in [0.2, 0.25) is 0 Å². The van der Waals surface area contributed by atoms with Gasteiger partial charge in [-0.1, -0.05) is 19.9 Å². The molecule has 0 spiro atoms. The molecule has 1 aromatic rings. The summed E-state index contributed by atoms with van der Waals surface area (Å²) in [5.74, 6) is -2.44. The van der Waals surface area contributed by atoms with E-state index in [1.54, 1.807) is 4.90 Å². The molecule has 0 radical (unpaired) electrons. The number of amides is 1. The van der Waals surface area contributed by atoms with Crippen LogP contribution in [0.25, 0.3) is 0 Å². The van der Waals surface area contributed by atoms with Gasteiger partial charge in [0.2, 0.25) is 0 Å². The summed E-state index contributed by atoms with van der Waals surface area (Å²) in [6, 6.07) is 3.71. The van der Waals surface area contributed by atoms with Crippen molar-refractivity contribution in [2.45, 2.75) is 26.7 Å². The Kier molecular flexibility index (Phi) is 3.37. The fraction of sp³-hybridized carbons (Fsp3) is 0.500. The minimum Gasteiger partial charge on any atom is -0.339 e. The standard InChI is InChI=1S/C14H17F2NO/c1-14(2)6-8-17(9-7-14)13(18)10-4-3-5-11(15)12(10)16/h3-5H,6-9H2,1-2H3. The van der Waals surface area contributed by atoms with E-state index in [0.29, 0.717) is 13.1 Å². The minimum atomic E-state index is -1.05. The molecule has 0 N–H and O–H groups in total. The zero-order valence-electron chi connectivity index (χ0n) is 10.7. The zero-order chi connectivity index (χ0) is 13.3. The Morgan fingerprint density at radius 3 is 2.44 bits per heavy atom. The Balaban J connectivity index is 2.15. The highest BCUT2D eigenvalue weighted by Gasteiger charge is 2.29. The maximum Gasteiger partial charge on any atom is 0.256 e. The summed E-state index contributed by atoms with van der Waals surface area (Å²) in [4.78, 5) is 13.7. The van der Waals surface area contributed by atoms with Crippen molar-refractivity contribution in [2.24, 2.45) is 5.41 Å². The third kappa shape index (κ3) is 2.52. The van der Waals surface area contributed by atoms with E-state index in [2.05, 4.69) is 13.8 Å². The second-order valence-corrected chi connectivity index (χ2v) is 5.56. The molecule has 1 amide bonds. The first-order valence-electron chi connectivity index (χ1n) is 6.14. The number of likely N-dealkylation sites (tertiary alicyclic amines) is 1. The number of benzene rings is 1. The molecule has 0 aliphatic carbocycles. The Bertz CT molecular complexity index is 461. The monoisotopic (exact) mass is 253 g/mol. The van der Waals surface area contributed by atoms with Gasteiger partial charge in [-0.2, -0.15) is 0 Å². The lowest BCUT2D eigenvalue weighted by Gasteiger charge is -2.37. The van der Waals surface area contributed by atoms with Crippen LogP contribution in [-0.2, 0) is 0 Å². The van der Waals surface area contributed by atoms with Gasteiger partial charge in [-0.05, 0) is 30.4 Å². The second kappa shape index (κ2) is 4.67. The Labute approximate surface area is 106 Å². The fourth-order valence-corrected chi connectivity index (χ4v) is 2.15. The van der Waals surface area contributed by atoms with E-state index in [0.717, 1.165) is 18.9 Å². The molecule has 1 aliphatic rings. The van der Waals surface area contributed by atoms with Gasteiger partial charge in [0.15, 0.2) is 11.6 Å². The third-order valence-electron chi connectivity index (χ3n) is 3.59. The molecule has 1 fully saturated rings. The van der Waals surface area contributed by atoms with E-state index in [1.165, 1.54) is 12.1 Å². The van der Waals surface area contributed by atoms with Crippen molar-refractivity contribution in [1.29, 1.82) is 0 Å². The SMILES string of the molecule is CC1(C)CCN(C(=O)c2cccc(F)c2F)CC1. The molecule has 0 atom stereocenters. The molecule has 1 aromatic carbocycles. The average molecular weight is 253 g/mol. The van der Waals surface area contributed by atoms with Crippen LogP contribution in [0, 0.1) is 17.0 Å². The maximum atomic E-state index is 13.5. The number of carbonyl (C=O) groups is 1. The highest BCUT2D eigenvalue weighted by Crippen LogP contribution is 2.30. The van der Waals surface area contributed by atoms with Gasteiger partial charge in [-0.15, -0.1) is 0 Å². The molecule has 0 unspecified atom stereocenters. The summed E-state index contributed by atoms with van der Waals surface area (Å²) in [6.45, 7) is 5.50. The second-order valence-electron chi connectivity index (χ2n) is 5.56. The predicted molar refractivity (Wildman–Crippen MR) is 65.3 cm³/mol. The van der Waals surface area contributed by atoms with Crippen LogP contribution in [0.4, 0.5) is 8.78 Å². The van der Waals surface area contributed by atoms with Crippen molar-refractivity contribution in [2.75, 3.05) is 13.1 Å². The van der Waals surface area contributed by atoms with E-state index < -0.39 is 17.5 Å². The molecule has 1 heterocycles. The molecule has 1 saturated heterocycles. The minimum absolute atomic E-state index is 0.172. The van der Waals surface area contributed by atoms with Gasteiger partial charge in [-0.25, -0.2) is 8.78 Å². The van der Waals surface area contributed by atoms with Crippen molar-refractivity contribution in [3.8, 4) is 0 Å². The lowest BCUT2D eigenvalue weighted by atomic mass is 9.82. The molecule has 18 heavy (non-hydrogen) atoms. The quantitative estimate of drug-likeness (QED) is 0.752. The van der Waals surface area contributed by atoms with Crippen molar-refractivity contribution >= 4 is 5.91 Å². The summed E-state index contributed by atoms with van der Waals surface area (Å²) in [7, 11) is 0. The first kappa shape index (κ1) is 13.0. The van der Waals surface area contributed by atoms with Crippen LogP contribution in [0.1, 0.15) is 37.0 Å². The summed E-state index contributed by atoms with van der Waals surface area (Å²) in [5, 5.41) is 0. The van der Waals surface area contributed by atoms with Crippen molar-refractivity contribution in [3.05, 3.63) is 35.4 Å². The third-order valence-corrected chi connectivity index (χ3v) is 3.59. The van der Waals surface area contributed by atoms with Crippen LogP contribution in [0.5, 0.6) is 0 Å². The average Bonchev–Trinajstić information content (AvgIpc) is 2.32. The Morgan fingerprint density at radius 1 is 1.22 bits per heavy atom. The molecule has 0 bridgehead atoms. The number of piperidine rings is 1. The van der Waals surface area contributed by atoms with Gasteiger partial charge < -0.3 is 4.90 Å². The number of rotatable bonds is 1. The number of hydrogen-bond donors (Lipinski definition) is 0. The molecular weight excluding hydrogens is 236 g/mol. The van der Waals surface area contributed by atoms with Gasteiger partial charge in [0.1, 0.15) is 0 Å². The number of hydrogen-bond acceptors (Lipinski definition) is 1. The molecule has 98 valence electrons. The number of carbonyl (C=O) groups excluding carboxylic acids is 1. The fourth-order valence-electron chi connectivity index (χ4n) is 2.15. The summed E-state index contributed by atoms with van der Waals surface area (Å²) in [6.07, 6.45) is 1.77. The highest BCUT2D eigenvalue weighted by molar-refractivity contribution is 5.94. The normalized spacial score (nSPS) is 18.8.